The average Bonchev–Trinajstić information content (AvgIpc) is 2.77. The van der Waals surface area contributed by atoms with Crippen molar-refractivity contribution in [2.24, 2.45) is 7.05 Å². The van der Waals surface area contributed by atoms with Crippen molar-refractivity contribution in [2.45, 2.75) is 6.10 Å². The number of aromatic nitrogens is 4. The van der Waals surface area contributed by atoms with Crippen molar-refractivity contribution in [3.05, 3.63) is 35.1 Å². The monoisotopic (exact) mass is 212 g/mol. The van der Waals surface area contributed by atoms with Gasteiger partial charge in [-0.15, -0.1) is 0 Å². The summed E-state index contributed by atoms with van der Waals surface area (Å²) in [6, 6.07) is 0. The first-order valence-corrected chi connectivity index (χ1v) is 4.42. The van der Waals surface area contributed by atoms with Crippen LogP contribution in [0.25, 0.3) is 0 Å². The largest absolute Gasteiger partial charge is 0.382 e. The summed E-state index contributed by atoms with van der Waals surface area (Å²) in [6.07, 6.45) is 3.98. The molecule has 74 valence electrons. The Morgan fingerprint density at radius 2 is 2.36 bits per heavy atom. The predicted molar refractivity (Wildman–Crippen MR) is 50.9 cm³/mol. The molecule has 0 aliphatic carbocycles. The number of halogens is 1. The van der Waals surface area contributed by atoms with Crippen LogP contribution in [0.2, 0.25) is 5.28 Å². The van der Waals surface area contributed by atoms with Crippen LogP contribution in [0.5, 0.6) is 0 Å². The Balaban J connectivity index is 2.36. The van der Waals surface area contributed by atoms with Crippen LogP contribution in [0, 0.1) is 0 Å². The maximum absolute atomic E-state index is 9.90. The second-order valence-corrected chi connectivity index (χ2v) is 3.28. The van der Waals surface area contributed by atoms with E-state index in [4.69, 9.17) is 11.6 Å². The smallest absolute Gasteiger partial charge is 0.202 e. The third-order valence-corrected chi connectivity index (χ3v) is 2.43. The van der Waals surface area contributed by atoms with Crippen LogP contribution in [0.3, 0.4) is 0 Å². The molecule has 2 N–H and O–H groups in total. The number of hydrogen-bond donors (Lipinski definition) is 2. The molecule has 0 saturated carbocycles. The number of imidazole rings is 1. The number of aliphatic hydroxyl groups is 1. The highest BCUT2D eigenvalue weighted by Crippen LogP contribution is 2.22. The first-order chi connectivity index (χ1) is 6.70. The molecule has 1 atom stereocenters. The first-order valence-electron chi connectivity index (χ1n) is 4.04. The van der Waals surface area contributed by atoms with E-state index in [0.717, 1.165) is 0 Å². The van der Waals surface area contributed by atoms with Crippen molar-refractivity contribution in [2.75, 3.05) is 0 Å². The molecule has 6 heteroatoms. The van der Waals surface area contributed by atoms with Crippen molar-refractivity contribution >= 4 is 11.6 Å². The van der Waals surface area contributed by atoms with Gasteiger partial charge in [-0.25, -0.2) is 4.98 Å². The van der Waals surface area contributed by atoms with Crippen molar-refractivity contribution in [3.8, 4) is 0 Å². The normalized spacial score (nSPS) is 13.1. The van der Waals surface area contributed by atoms with E-state index in [9.17, 15) is 5.11 Å². The molecule has 0 aliphatic rings. The van der Waals surface area contributed by atoms with Crippen LogP contribution in [0.15, 0.2) is 18.6 Å². The minimum absolute atomic E-state index is 0.350. The molecule has 2 aromatic rings. The lowest BCUT2D eigenvalue weighted by atomic mass is 10.1. The first kappa shape index (κ1) is 9.23. The van der Waals surface area contributed by atoms with Crippen molar-refractivity contribution in [1.82, 2.24) is 19.7 Å². The van der Waals surface area contributed by atoms with E-state index in [1.165, 1.54) is 0 Å². The van der Waals surface area contributed by atoms with E-state index in [0.29, 0.717) is 16.5 Å². The number of nitrogens with one attached hydrogen (secondary N) is 1. The molecule has 2 aromatic heterocycles. The van der Waals surface area contributed by atoms with Gasteiger partial charge in [0.1, 0.15) is 6.10 Å². The van der Waals surface area contributed by atoms with Gasteiger partial charge < -0.3 is 9.67 Å². The fourth-order valence-corrected chi connectivity index (χ4v) is 1.38. The van der Waals surface area contributed by atoms with Gasteiger partial charge >= 0.3 is 0 Å². The zero-order chi connectivity index (χ0) is 10.1. The van der Waals surface area contributed by atoms with Gasteiger partial charge in [-0.2, -0.15) is 5.10 Å². The lowest BCUT2D eigenvalue weighted by Crippen LogP contribution is -2.04. The number of aromatic amines is 1. The van der Waals surface area contributed by atoms with Gasteiger partial charge in [-0.3, -0.25) is 5.10 Å². The molecule has 0 aromatic carbocycles. The minimum atomic E-state index is -0.751. The molecule has 1 unspecified atom stereocenters. The Morgan fingerprint density at radius 3 is 2.86 bits per heavy atom. The SMILES string of the molecule is Cn1c(C(O)c2cn[nH]c2)cnc1Cl. The fourth-order valence-electron chi connectivity index (χ4n) is 1.23. The Hall–Kier alpha value is -1.33. The molecule has 0 spiro atoms. The number of hydrogen-bond acceptors (Lipinski definition) is 3. The quantitative estimate of drug-likeness (QED) is 0.777. The Kier molecular flexibility index (Phi) is 2.26. The molecule has 0 fully saturated rings. The zero-order valence-electron chi connectivity index (χ0n) is 7.48. The van der Waals surface area contributed by atoms with Gasteiger partial charge in [0.15, 0.2) is 0 Å². The number of aliphatic hydroxyl groups excluding tert-OH is 1. The van der Waals surface area contributed by atoms with E-state index in [1.54, 1.807) is 30.2 Å². The highest BCUT2D eigenvalue weighted by atomic mass is 35.5. The predicted octanol–water partition coefficient (Wildman–Crippen LogP) is 0.878. The second-order valence-electron chi connectivity index (χ2n) is 2.95. The molecule has 0 bridgehead atoms. The van der Waals surface area contributed by atoms with E-state index in [-0.39, 0.29) is 0 Å². The number of nitrogens with zero attached hydrogens (tertiary/aromatic N) is 3. The fraction of sp³-hybridized carbons (Fsp3) is 0.250. The standard InChI is InChI=1S/C8H9ClN4O/c1-13-6(4-10-8(13)9)7(14)5-2-11-12-3-5/h2-4,7,14H,1H3,(H,11,12). The Morgan fingerprint density at radius 1 is 1.57 bits per heavy atom. The highest BCUT2D eigenvalue weighted by molar-refractivity contribution is 6.28. The van der Waals surface area contributed by atoms with Gasteiger partial charge in [-0.05, 0) is 11.6 Å². The zero-order valence-corrected chi connectivity index (χ0v) is 8.23. The van der Waals surface area contributed by atoms with E-state index < -0.39 is 6.10 Å². The summed E-state index contributed by atoms with van der Waals surface area (Å²) in [5.74, 6) is 0. The number of rotatable bonds is 2. The van der Waals surface area contributed by atoms with Crippen LogP contribution in [-0.4, -0.2) is 24.9 Å². The molecule has 0 radical (unpaired) electrons. The summed E-state index contributed by atoms with van der Waals surface area (Å²) in [7, 11) is 1.74. The summed E-state index contributed by atoms with van der Waals surface area (Å²) in [6.45, 7) is 0. The summed E-state index contributed by atoms with van der Waals surface area (Å²) in [4.78, 5) is 3.88. The molecule has 0 saturated heterocycles. The Bertz CT molecular complexity index is 422. The van der Waals surface area contributed by atoms with Gasteiger partial charge in [0.25, 0.3) is 0 Å². The van der Waals surface area contributed by atoms with E-state index >= 15 is 0 Å². The third kappa shape index (κ3) is 1.40. The summed E-state index contributed by atoms with van der Waals surface area (Å²) in [5, 5.41) is 16.6. The molecule has 0 amide bonds. The van der Waals surface area contributed by atoms with Crippen LogP contribution in [-0.2, 0) is 7.05 Å². The van der Waals surface area contributed by atoms with E-state index in [1.807, 2.05) is 0 Å². The molecule has 2 rings (SSSR count). The lowest BCUT2D eigenvalue weighted by molar-refractivity contribution is 0.211. The summed E-state index contributed by atoms with van der Waals surface area (Å²) >= 11 is 5.75. The number of H-pyrrole nitrogens is 1. The summed E-state index contributed by atoms with van der Waals surface area (Å²) in [5.41, 5.74) is 1.32. The second kappa shape index (κ2) is 3.43. The highest BCUT2D eigenvalue weighted by Gasteiger charge is 2.16. The molecule has 5 nitrogen and oxygen atoms in total. The van der Waals surface area contributed by atoms with Crippen LogP contribution >= 0.6 is 11.6 Å². The maximum Gasteiger partial charge on any atom is 0.202 e. The molecular formula is C8H9ClN4O. The van der Waals surface area contributed by atoms with Crippen LogP contribution in [0.4, 0.5) is 0 Å². The van der Waals surface area contributed by atoms with Gasteiger partial charge in [0.2, 0.25) is 5.28 Å². The maximum atomic E-state index is 9.90. The van der Waals surface area contributed by atoms with Gasteiger partial charge in [0, 0.05) is 18.8 Å². The summed E-state index contributed by atoms with van der Waals surface area (Å²) < 4.78 is 1.62. The lowest BCUT2D eigenvalue weighted by Gasteiger charge is -2.08. The van der Waals surface area contributed by atoms with Crippen LogP contribution < -0.4 is 0 Å². The molecule has 0 aliphatic heterocycles. The molecule has 2 heterocycles. The van der Waals surface area contributed by atoms with Crippen molar-refractivity contribution in [3.63, 3.8) is 0 Å². The minimum Gasteiger partial charge on any atom is -0.382 e. The Labute approximate surface area is 85.4 Å². The molecule has 14 heavy (non-hydrogen) atoms. The third-order valence-electron chi connectivity index (χ3n) is 2.08. The van der Waals surface area contributed by atoms with Crippen molar-refractivity contribution in [1.29, 1.82) is 0 Å². The van der Waals surface area contributed by atoms with Crippen molar-refractivity contribution < 1.29 is 5.11 Å². The van der Waals surface area contributed by atoms with Gasteiger partial charge in [0.05, 0.1) is 18.1 Å². The van der Waals surface area contributed by atoms with Gasteiger partial charge in [-0.1, -0.05) is 0 Å². The molecular weight excluding hydrogens is 204 g/mol. The topological polar surface area (TPSA) is 66.7 Å². The van der Waals surface area contributed by atoms with E-state index in [2.05, 4.69) is 15.2 Å². The average molecular weight is 213 g/mol. The van der Waals surface area contributed by atoms with Crippen LogP contribution in [0.1, 0.15) is 17.4 Å².